The number of aliphatic imine (C=N–C) groups is 2. The first-order valence-electron chi connectivity index (χ1n) is 17.7. The predicted molar refractivity (Wildman–Crippen MR) is 193 cm³/mol. The minimum absolute atomic E-state index is 0.234. The van der Waals surface area contributed by atoms with E-state index in [0.29, 0.717) is 11.1 Å². The Labute approximate surface area is 277 Å². The van der Waals surface area contributed by atoms with Gasteiger partial charge in [-0.2, -0.15) is 0 Å². The van der Waals surface area contributed by atoms with E-state index >= 15 is 0 Å². The van der Waals surface area contributed by atoms with E-state index in [4.69, 9.17) is 9.47 Å². The maximum Gasteiger partial charge on any atom is 0.167 e. The first-order valence-corrected chi connectivity index (χ1v) is 17.7. The lowest BCUT2D eigenvalue weighted by atomic mass is 10.1. The second-order valence-corrected chi connectivity index (χ2v) is 12.1. The van der Waals surface area contributed by atoms with Gasteiger partial charge >= 0.3 is 0 Å². The molecule has 0 aliphatic heterocycles. The molecule has 0 atom stereocenters. The van der Waals surface area contributed by atoms with Crippen LogP contribution in [0.25, 0.3) is 0 Å². The molecule has 0 saturated carbocycles. The van der Waals surface area contributed by atoms with Crippen LogP contribution in [-0.4, -0.2) is 35.9 Å². The van der Waals surface area contributed by atoms with E-state index in [2.05, 4.69) is 23.8 Å². The minimum atomic E-state index is -0.234. The molecule has 0 radical (unpaired) electrons. The van der Waals surface area contributed by atoms with Crippen LogP contribution in [0.3, 0.4) is 0 Å². The second-order valence-electron chi connectivity index (χ2n) is 12.1. The fourth-order valence-electron chi connectivity index (χ4n) is 5.22. The molecule has 0 heterocycles. The molecule has 6 nitrogen and oxygen atoms in total. The van der Waals surface area contributed by atoms with E-state index in [0.717, 1.165) is 48.9 Å². The highest BCUT2D eigenvalue weighted by atomic mass is 16.5. The van der Waals surface area contributed by atoms with Crippen molar-refractivity contribution in [2.24, 2.45) is 9.98 Å². The van der Waals surface area contributed by atoms with Gasteiger partial charge in [0, 0.05) is 23.6 Å². The molecular formula is C40H56N2O4. The highest BCUT2D eigenvalue weighted by Gasteiger charge is 2.09. The van der Waals surface area contributed by atoms with Gasteiger partial charge in [-0.05, 0) is 73.5 Å². The molecule has 0 aromatic heterocycles. The number of hydrogen-bond donors (Lipinski definition) is 2. The number of benzene rings is 3. The molecule has 2 N–H and O–H groups in total. The lowest BCUT2D eigenvalue weighted by Crippen LogP contribution is -1.97. The smallest absolute Gasteiger partial charge is 0.167 e. The highest BCUT2D eigenvalue weighted by molar-refractivity contribution is 5.92. The van der Waals surface area contributed by atoms with Crippen LogP contribution in [0, 0.1) is 0 Å². The summed E-state index contributed by atoms with van der Waals surface area (Å²) in [5, 5.41) is 21.2. The van der Waals surface area contributed by atoms with E-state index < -0.39 is 0 Å². The molecule has 0 fully saturated rings. The summed E-state index contributed by atoms with van der Waals surface area (Å²) < 4.78 is 11.7. The normalized spacial score (nSPS) is 11.5. The Kier molecular flexibility index (Phi) is 18.1. The Balaban J connectivity index is 1.39. The first kappa shape index (κ1) is 36.7. The third-order valence-electron chi connectivity index (χ3n) is 8.13. The predicted octanol–water partition coefficient (Wildman–Crippen LogP) is 11.6. The molecule has 0 aliphatic carbocycles. The molecule has 0 aliphatic rings. The standard InChI is InChI=1S/C40H56N2O4/c1-3-5-7-9-11-13-15-17-29-45-37-25-21-35(22-26-37)41-31-33-19-20-34(40(44)39(33)43)32-42-36-23-27-38(28-24-36)46-30-18-16-14-12-10-8-6-4-2/h19-28,31-32,43-44H,3-18,29-30H2,1-2H3. The molecule has 46 heavy (non-hydrogen) atoms. The summed E-state index contributed by atoms with van der Waals surface area (Å²) in [4.78, 5) is 8.91. The molecule has 6 heteroatoms. The highest BCUT2D eigenvalue weighted by Crippen LogP contribution is 2.32. The van der Waals surface area contributed by atoms with Crippen molar-refractivity contribution in [1.82, 2.24) is 0 Å². The van der Waals surface area contributed by atoms with Crippen molar-refractivity contribution in [3.05, 3.63) is 71.8 Å². The zero-order chi connectivity index (χ0) is 32.7. The van der Waals surface area contributed by atoms with Gasteiger partial charge in [0.25, 0.3) is 0 Å². The molecule has 0 amide bonds. The van der Waals surface area contributed by atoms with Crippen molar-refractivity contribution in [1.29, 1.82) is 0 Å². The van der Waals surface area contributed by atoms with Gasteiger partial charge in [0.1, 0.15) is 11.5 Å². The number of hydrogen-bond acceptors (Lipinski definition) is 6. The van der Waals surface area contributed by atoms with Crippen molar-refractivity contribution < 1.29 is 19.7 Å². The average Bonchev–Trinajstić information content (AvgIpc) is 3.08. The third-order valence-corrected chi connectivity index (χ3v) is 8.13. The zero-order valence-corrected chi connectivity index (χ0v) is 28.3. The topological polar surface area (TPSA) is 83.6 Å². The van der Waals surface area contributed by atoms with Crippen LogP contribution in [0.5, 0.6) is 23.0 Å². The Morgan fingerprint density at radius 1 is 0.457 bits per heavy atom. The maximum absolute atomic E-state index is 10.6. The van der Waals surface area contributed by atoms with Crippen molar-refractivity contribution >= 4 is 23.8 Å². The Bertz CT molecular complexity index is 1190. The molecule has 0 bridgehead atoms. The molecule has 3 rings (SSSR count). The monoisotopic (exact) mass is 628 g/mol. The number of rotatable bonds is 24. The second kappa shape index (κ2) is 22.7. The van der Waals surface area contributed by atoms with Crippen LogP contribution in [0.15, 0.2) is 70.6 Å². The molecule has 3 aromatic rings. The summed E-state index contributed by atoms with van der Waals surface area (Å²) in [5.74, 6) is 1.18. The van der Waals surface area contributed by atoms with Gasteiger partial charge in [-0.1, -0.05) is 104 Å². The fraction of sp³-hybridized carbons (Fsp3) is 0.500. The number of phenols is 2. The van der Waals surface area contributed by atoms with E-state index in [9.17, 15) is 10.2 Å². The Hall–Kier alpha value is -3.80. The summed E-state index contributed by atoms with van der Waals surface area (Å²) in [5.41, 5.74) is 2.30. The summed E-state index contributed by atoms with van der Waals surface area (Å²) in [6.07, 6.45) is 23.5. The molecule has 0 saturated heterocycles. The Morgan fingerprint density at radius 3 is 1.13 bits per heavy atom. The summed E-state index contributed by atoms with van der Waals surface area (Å²) in [7, 11) is 0. The lowest BCUT2D eigenvalue weighted by Gasteiger charge is -2.07. The van der Waals surface area contributed by atoms with Gasteiger partial charge in [0.05, 0.1) is 24.6 Å². The maximum atomic E-state index is 10.6. The van der Waals surface area contributed by atoms with E-state index in [-0.39, 0.29) is 11.5 Å². The summed E-state index contributed by atoms with van der Waals surface area (Å²) >= 11 is 0. The van der Waals surface area contributed by atoms with Crippen LogP contribution in [0.4, 0.5) is 11.4 Å². The molecule has 0 unspecified atom stereocenters. The van der Waals surface area contributed by atoms with Crippen LogP contribution < -0.4 is 9.47 Å². The number of ether oxygens (including phenoxy) is 2. The van der Waals surface area contributed by atoms with Gasteiger partial charge < -0.3 is 19.7 Å². The van der Waals surface area contributed by atoms with Crippen molar-refractivity contribution in [2.45, 2.75) is 117 Å². The number of phenolic OH excluding ortho intramolecular Hbond substituents is 2. The first-order chi connectivity index (χ1) is 22.6. The van der Waals surface area contributed by atoms with Crippen LogP contribution in [-0.2, 0) is 0 Å². The minimum Gasteiger partial charge on any atom is -0.504 e. The zero-order valence-electron chi connectivity index (χ0n) is 28.3. The Morgan fingerprint density at radius 2 is 0.783 bits per heavy atom. The quantitative estimate of drug-likeness (QED) is 0.0587. The van der Waals surface area contributed by atoms with E-state index in [1.54, 1.807) is 24.6 Å². The largest absolute Gasteiger partial charge is 0.504 e. The van der Waals surface area contributed by atoms with Crippen molar-refractivity contribution in [3.8, 4) is 23.0 Å². The number of aromatic hydroxyl groups is 2. The van der Waals surface area contributed by atoms with Gasteiger partial charge in [-0.25, -0.2) is 0 Å². The van der Waals surface area contributed by atoms with Crippen molar-refractivity contribution in [2.75, 3.05) is 13.2 Å². The number of unbranched alkanes of at least 4 members (excludes halogenated alkanes) is 14. The van der Waals surface area contributed by atoms with Crippen LogP contribution in [0.1, 0.15) is 128 Å². The number of nitrogens with zero attached hydrogens (tertiary/aromatic N) is 2. The van der Waals surface area contributed by atoms with Crippen molar-refractivity contribution in [3.63, 3.8) is 0 Å². The lowest BCUT2D eigenvalue weighted by molar-refractivity contribution is 0.304. The van der Waals surface area contributed by atoms with Crippen LogP contribution in [0.2, 0.25) is 0 Å². The molecular weight excluding hydrogens is 572 g/mol. The summed E-state index contributed by atoms with van der Waals surface area (Å²) in [6, 6.07) is 18.6. The van der Waals surface area contributed by atoms with Gasteiger partial charge in [-0.3, -0.25) is 9.98 Å². The van der Waals surface area contributed by atoms with E-state index in [1.807, 2.05) is 48.5 Å². The molecule has 0 spiro atoms. The van der Waals surface area contributed by atoms with E-state index in [1.165, 1.54) is 89.9 Å². The summed E-state index contributed by atoms with van der Waals surface area (Å²) in [6.45, 7) is 5.94. The average molecular weight is 629 g/mol. The molecule has 250 valence electrons. The third kappa shape index (κ3) is 14.5. The van der Waals surface area contributed by atoms with Gasteiger partial charge in [0.15, 0.2) is 11.5 Å². The SMILES string of the molecule is CCCCCCCCCCOc1ccc(N=Cc2ccc(C=Nc3ccc(OCCCCCCCCCC)cc3)c(O)c2O)cc1. The fourth-order valence-corrected chi connectivity index (χ4v) is 5.22. The van der Waals surface area contributed by atoms with Gasteiger partial charge in [-0.15, -0.1) is 0 Å². The van der Waals surface area contributed by atoms with Crippen LogP contribution >= 0.6 is 0 Å². The van der Waals surface area contributed by atoms with Gasteiger partial charge in [0.2, 0.25) is 0 Å². The molecule has 3 aromatic carbocycles.